The second-order valence-corrected chi connectivity index (χ2v) is 5.73. The highest BCUT2D eigenvalue weighted by Crippen LogP contribution is 2.33. The third-order valence-electron chi connectivity index (χ3n) is 2.16. The summed E-state index contributed by atoms with van der Waals surface area (Å²) in [6.07, 6.45) is 2.74. The predicted molar refractivity (Wildman–Crippen MR) is 77.7 cm³/mol. The lowest BCUT2D eigenvalue weighted by molar-refractivity contribution is 0.340. The van der Waals surface area contributed by atoms with Gasteiger partial charge in [-0.3, -0.25) is 0 Å². The lowest BCUT2D eigenvalue weighted by atomic mass is 10.1. The minimum Gasteiger partial charge on any atom is -0.491 e. The molecular formula is C12H17Cl2NOS. The van der Waals surface area contributed by atoms with E-state index in [1.807, 2.05) is 19.2 Å². The number of rotatable bonds is 6. The largest absolute Gasteiger partial charge is 0.491 e. The van der Waals surface area contributed by atoms with Crippen LogP contribution in [0.2, 0.25) is 10.0 Å². The fourth-order valence-corrected chi connectivity index (χ4v) is 2.34. The summed E-state index contributed by atoms with van der Waals surface area (Å²) in [6.45, 7) is 2.58. The second-order valence-electron chi connectivity index (χ2n) is 3.90. The van der Waals surface area contributed by atoms with Crippen LogP contribution in [0.5, 0.6) is 5.75 Å². The summed E-state index contributed by atoms with van der Waals surface area (Å²) in [5, 5.41) is 1.16. The standard InChI is InChI=1S/C12H17Cl2NOS/c1-8(15)5-9-6-10(13)7-11(14)12(9)16-3-4-17-2/h6-8H,3-5,15H2,1-2H3. The molecule has 0 aliphatic carbocycles. The fraction of sp³-hybridized carbons (Fsp3) is 0.500. The lowest BCUT2D eigenvalue weighted by Gasteiger charge is -2.15. The van der Waals surface area contributed by atoms with Crippen LogP contribution in [0.15, 0.2) is 12.1 Å². The molecule has 0 radical (unpaired) electrons. The summed E-state index contributed by atoms with van der Waals surface area (Å²) in [6, 6.07) is 3.61. The molecule has 0 fully saturated rings. The van der Waals surface area contributed by atoms with Crippen molar-refractivity contribution in [2.24, 2.45) is 5.73 Å². The van der Waals surface area contributed by atoms with Crippen molar-refractivity contribution in [2.75, 3.05) is 18.6 Å². The Morgan fingerprint density at radius 1 is 1.41 bits per heavy atom. The van der Waals surface area contributed by atoms with Crippen molar-refractivity contribution in [1.82, 2.24) is 0 Å². The first kappa shape index (κ1) is 15.0. The summed E-state index contributed by atoms with van der Waals surface area (Å²) in [5.74, 6) is 1.64. The quantitative estimate of drug-likeness (QED) is 0.814. The molecule has 0 aliphatic rings. The minimum atomic E-state index is 0.0485. The topological polar surface area (TPSA) is 35.2 Å². The monoisotopic (exact) mass is 293 g/mol. The maximum Gasteiger partial charge on any atom is 0.141 e. The molecule has 0 spiro atoms. The van der Waals surface area contributed by atoms with Gasteiger partial charge in [-0.2, -0.15) is 11.8 Å². The highest BCUT2D eigenvalue weighted by molar-refractivity contribution is 7.98. The zero-order chi connectivity index (χ0) is 12.8. The normalized spacial score (nSPS) is 12.5. The molecule has 0 amide bonds. The molecule has 5 heteroatoms. The van der Waals surface area contributed by atoms with Crippen LogP contribution in [-0.4, -0.2) is 24.7 Å². The molecule has 0 aromatic heterocycles. The summed E-state index contributed by atoms with van der Waals surface area (Å²) in [4.78, 5) is 0. The zero-order valence-corrected chi connectivity index (χ0v) is 12.3. The third-order valence-corrected chi connectivity index (χ3v) is 3.23. The number of benzene rings is 1. The molecule has 1 aromatic rings. The second kappa shape index (κ2) is 7.37. The van der Waals surface area contributed by atoms with E-state index >= 15 is 0 Å². The van der Waals surface area contributed by atoms with Gasteiger partial charge in [-0.05, 0) is 37.3 Å². The summed E-state index contributed by atoms with van der Waals surface area (Å²) >= 11 is 13.9. The Morgan fingerprint density at radius 2 is 2.12 bits per heavy atom. The van der Waals surface area contributed by atoms with Gasteiger partial charge < -0.3 is 10.5 Å². The molecule has 2 nitrogen and oxygen atoms in total. The maximum absolute atomic E-state index is 6.14. The van der Waals surface area contributed by atoms with Crippen LogP contribution in [-0.2, 0) is 6.42 Å². The van der Waals surface area contributed by atoms with Crippen LogP contribution in [0, 0.1) is 0 Å². The Balaban J connectivity index is 2.90. The fourth-order valence-electron chi connectivity index (χ4n) is 1.50. The third kappa shape index (κ3) is 4.96. The smallest absolute Gasteiger partial charge is 0.141 e. The van der Waals surface area contributed by atoms with Crippen molar-refractivity contribution in [3.8, 4) is 5.75 Å². The predicted octanol–water partition coefficient (Wildman–Crippen LogP) is 3.62. The molecule has 0 heterocycles. The summed E-state index contributed by atoms with van der Waals surface area (Å²) < 4.78 is 5.70. The van der Waals surface area contributed by atoms with Gasteiger partial charge in [-0.15, -0.1) is 0 Å². The van der Waals surface area contributed by atoms with Gasteiger partial charge in [0.1, 0.15) is 5.75 Å². The average Bonchev–Trinajstić information content (AvgIpc) is 2.21. The van der Waals surface area contributed by atoms with Gasteiger partial charge in [0.2, 0.25) is 0 Å². The van der Waals surface area contributed by atoms with Crippen molar-refractivity contribution in [1.29, 1.82) is 0 Å². The molecule has 0 aliphatic heterocycles. The molecular weight excluding hydrogens is 277 g/mol. The highest BCUT2D eigenvalue weighted by atomic mass is 35.5. The minimum absolute atomic E-state index is 0.0485. The van der Waals surface area contributed by atoms with E-state index in [1.54, 1.807) is 17.8 Å². The Labute approximate surface area is 117 Å². The first-order chi connectivity index (χ1) is 8.04. The van der Waals surface area contributed by atoms with Crippen LogP contribution in [0.25, 0.3) is 0 Å². The number of nitrogens with two attached hydrogens (primary N) is 1. The first-order valence-corrected chi connectivity index (χ1v) is 7.54. The number of halogens is 2. The van der Waals surface area contributed by atoms with Crippen LogP contribution >= 0.6 is 35.0 Å². The van der Waals surface area contributed by atoms with Gasteiger partial charge in [-0.1, -0.05) is 23.2 Å². The molecule has 1 rings (SSSR count). The van der Waals surface area contributed by atoms with Gasteiger partial charge in [0.15, 0.2) is 0 Å². The first-order valence-electron chi connectivity index (χ1n) is 5.39. The zero-order valence-electron chi connectivity index (χ0n) is 10.0. The molecule has 0 saturated heterocycles. The van der Waals surface area contributed by atoms with E-state index in [0.717, 1.165) is 11.3 Å². The molecule has 0 bridgehead atoms. The lowest BCUT2D eigenvalue weighted by Crippen LogP contribution is -2.18. The van der Waals surface area contributed by atoms with Gasteiger partial charge >= 0.3 is 0 Å². The Bertz CT molecular complexity index is 372. The van der Waals surface area contributed by atoms with Crippen molar-refractivity contribution in [3.63, 3.8) is 0 Å². The molecule has 1 unspecified atom stereocenters. The highest BCUT2D eigenvalue weighted by Gasteiger charge is 2.12. The molecule has 1 atom stereocenters. The SMILES string of the molecule is CSCCOc1c(Cl)cc(Cl)cc1CC(C)N. The van der Waals surface area contributed by atoms with Crippen LogP contribution in [0.4, 0.5) is 0 Å². The number of hydrogen-bond donors (Lipinski definition) is 1. The Morgan fingerprint density at radius 3 is 2.71 bits per heavy atom. The van der Waals surface area contributed by atoms with Crippen molar-refractivity contribution < 1.29 is 4.74 Å². The van der Waals surface area contributed by atoms with Gasteiger partial charge in [0, 0.05) is 16.8 Å². The molecule has 1 aromatic carbocycles. The van der Waals surface area contributed by atoms with Crippen LogP contribution < -0.4 is 10.5 Å². The van der Waals surface area contributed by atoms with Crippen LogP contribution in [0.1, 0.15) is 12.5 Å². The Hall–Kier alpha value is -0.0900. The van der Waals surface area contributed by atoms with Crippen molar-refractivity contribution in [3.05, 3.63) is 27.7 Å². The average molecular weight is 294 g/mol. The van der Waals surface area contributed by atoms with E-state index in [2.05, 4.69) is 0 Å². The maximum atomic E-state index is 6.14. The van der Waals surface area contributed by atoms with Crippen LogP contribution in [0.3, 0.4) is 0 Å². The molecule has 17 heavy (non-hydrogen) atoms. The van der Waals surface area contributed by atoms with E-state index in [-0.39, 0.29) is 6.04 Å². The van der Waals surface area contributed by atoms with Crippen molar-refractivity contribution in [2.45, 2.75) is 19.4 Å². The van der Waals surface area contributed by atoms with E-state index in [0.29, 0.717) is 28.8 Å². The Kier molecular flexibility index (Phi) is 6.49. The molecule has 0 saturated carbocycles. The van der Waals surface area contributed by atoms with E-state index in [1.165, 1.54) is 0 Å². The number of hydrogen-bond acceptors (Lipinski definition) is 3. The molecule has 2 N–H and O–H groups in total. The summed E-state index contributed by atoms with van der Waals surface area (Å²) in [5.41, 5.74) is 6.77. The number of ether oxygens (including phenoxy) is 1. The van der Waals surface area contributed by atoms with Gasteiger partial charge in [-0.25, -0.2) is 0 Å². The van der Waals surface area contributed by atoms with E-state index in [4.69, 9.17) is 33.7 Å². The summed E-state index contributed by atoms with van der Waals surface area (Å²) in [7, 11) is 0. The molecule has 96 valence electrons. The van der Waals surface area contributed by atoms with E-state index < -0.39 is 0 Å². The van der Waals surface area contributed by atoms with Crippen molar-refractivity contribution >= 4 is 35.0 Å². The van der Waals surface area contributed by atoms with Gasteiger partial charge in [0.05, 0.1) is 11.6 Å². The van der Waals surface area contributed by atoms with Gasteiger partial charge in [0.25, 0.3) is 0 Å². The van der Waals surface area contributed by atoms with E-state index in [9.17, 15) is 0 Å². The number of thioether (sulfide) groups is 1.